The average Bonchev–Trinajstić information content (AvgIpc) is 2.78. The summed E-state index contributed by atoms with van der Waals surface area (Å²) in [6.07, 6.45) is 0.670. The normalized spacial score (nSPS) is 12.6. The maximum absolute atomic E-state index is 13.3. The largest absolute Gasteiger partial charge is 0.310 e. The lowest BCUT2D eigenvalue weighted by atomic mass is 10.0. The first-order valence-corrected chi connectivity index (χ1v) is 7.07. The summed E-state index contributed by atoms with van der Waals surface area (Å²) in [6.45, 7) is 4.69. The standard InChI is InChI=1S/C14H16F2N2S/c1-3-17-14(7-11-8-19-9(2)18-11)10-4-5-12(15)13(16)6-10/h4-6,8,14,17H,3,7H2,1-2H3. The van der Waals surface area contributed by atoms with Crippen LogP contribution in [-0.2, 0) is 6.42 Å². The van der Waals surface area contributed by atoms with Crippen LogP contribution in [0.2, 0.25) is 0 Å². The number of aromatic nitrogens is 1. The summed E-state index contributed by atoms with van der Waals surface area (Å²) >= 11 is 1.59. The van der Waals surface area contributed by atoms with Crippen LogP contribution in [0.4, 0.5) is 8.78 Å². The number of halogens is 2. The van der Waals surface area contributed by atoms with Crippen LogP contribution >= 0.6 is 11.3 Å². The highest BCUT2D eigenvalue weighted by molar-refractivity contribution is 7.09. The van der Waals surface area contributed by atoms with Crippen molar-refractivity contribution in [3.8, 4) is 0 Å². The molecule has 0 aliphatic rings. The Morgan fingerprint density at radius 1 is 1.32 bits per heavy atom. The zero-order chi connectivity index (χ0) is 13.8. The molecule has 1 N–H and O–H groups in total. The molecule has 2 rings (SSSR count). The van der Waals surface area contributed by atoms with Crippen LogP contribution in [0.3, 0.4) is 0 Å². The SMILES string of the molecule is CCNC(Cc1csc(C)n1)c1ccc(F)c(F)c1. The van der Waals surface area contributed by atoms with E-state index in [-0.39, 0.29) is 6.04 Å². The predicted octanol–water partition coefficient (Wildman–Crippen LogP) is 3.62. The smallest absolute Gasteiger partial charge is 0.159 e. The first kappa shape index (κ1) is 14.1. The molecule has 1 heterocycles. The monoisotopic (exact) mass is 282 g/mol. The molecule has 102 valence electrons. The van der Waals surface area contributed by atoms with Gasteiger partial charge in [0.05, 0.1) is 10.7 Å². The van der Waals surface area contributed by atoms with Crippen molar-refractivity contribution >= 4 is 11.3 Å². The molecule has 0 bridgehead atoms. The van der Waals surface area contributed by atoms with E-state index in [4.69, 9.17) is 0 Å². The van der Waals surface area contributed by atoms with E-state index in [1.807, 2.05) is 19.2 Å². The van der Waals surface area contributed by atoms with Gasteiger partial charge in [-0.1, -0.05) is 13.0 Å². The minimum Gasteiger partial charge on any atom is -0.310 e. The van der Waals surface area contributed by atoms with Crippen LogP contribution in [0, 0.1) is 18.6 Å². The molecule has 0 fully saturated rings. The van der Waals surface area contributed by atoms with Gasteiger partial charge in [0.1, 0.15) is 0 Å². The Morgan fingerprint density at radius 3 is 2.68 bits per heavy atom. The second kappa shape index (κ2) is 6.21. The zero-order valence-corrected chi connectivity index (χ0v) is 11.7. The van der Waals surface area contributed by atoms with Gasteiger partial charge in [0.2, 0.25) is 0 Å². The number of rotatable bonds is 5. The molecule has 2 nitrogen and oxygen atoms in total. The third-order valence-electron chi connectivity index (χ3n) is 2.88. The first-order chi connectivity index (χ1) is 9.10. The molecule has 2 aromatic rings. The third kappa shape index (κ3) is 3.58. The van der Waals surface area contributed by atoms with E-state index in [0.717, 1.165) is 22.8 Å². The van der Waals surface area contributed by atoms with Gasteiger partial charge in [0.15, 0.2) is 11.6 Å². The minimum absolute atomic E-state index is 0.0541. The van der Waals surface area contributed by atoms with Gasteiger partial charge in [-0.2, -0.15) is 0 Å². The molecule has 1 unspecified atom stereocenters. The molecule has 0 amide bonds. The Kier molecular flexibility index (Phi) is 4.61. The van der Waals surface area contributed by atoms with E-state index in [0.29, 0.717) is 6.42 Å². The van der Waals surface area contributed by atoms with Crippen LogP contribution in [0.25, 0.3) is 0 Å². The molecular weight excluding hydrogens is 266 g/mol. The number of hydrogen-bond donors (Lipinski definition) is 1. The molecule has 1 aromatic carbocycles. The van der Waals surface area contributed by atoms with Crippen molar-refractivity contribution in [2.75, 3.05) is 6.54 Å². The van der Waals surface area contributed by atoms with Crippen molar-refractivity contribution in [1.82, 2.24) is 10.3 Å². The van der Waals surface area contributed by atoms with Gasteiger partial charge in [-0.05, 0) is 31.2 Å². The fraction of sp³-hybridized carbons (Fsp3) is 0.357. The highest BCUT2D eigenvalue weighted by Crippen LogP contribution is 2.21. The van der Waals surface area contributed by atoms with Crippen LogP contribution in [0.15, 0.2) is 23.6 Å². The number of likely N-dealkylation sites (N-methyl/N-ethyl adjacent to an activating group) is 1. The Bertz CT molecular complexity index is 554. The van der Waals surface area contributed by atoms with E-state index >= 15 is 0 Å². The Balaban J connectivity index is 2.21. The number of nitrogens with zero attached hydrogens (tertiary/aromatic N) is 1. The molecule has 1 aromatic heterocycles. The van der Waals surface area contributed by atoms with Gasteiger partial charge in [0.25, 0.3) is 0 Å². The van der Waals surface area contributed by atoms with Gasteiger partial charge < -0.3 is 5.32 Å². The van der Waals surface area contributed by atoms with Gasteiger partial charge in [-0.3, -0.25) is 0 Å². The third-order valence-corrected chi connectivity index (χ3v) is 3.70. The number of benzene rings is 1. The fourth-order valence-electron chi connectivity index (χ4n) is 1.99. The van der Waals surface area contributed by atoms with Crippen LogP contribution in [-0.4, -0.2) is 11.5 Å². The van der Waals surface area contributed by atoms with E-state index in [9.17, 15) is 8.78 Å². The van der Waals surface area contributed by atoms with Crippen molar-refractivity contribution in [2.24, 2.45) is 0 Å². The fourth-order valence-corrected chi connectivity index (χ4v) is 2.62. The number of aryl methyl sites for hydroxylation is 1. The average molecular weight is 282 g/mol. The van der Waals surface area contributed by atoms with Crippen molar-refractivity contribution in [3.63, 3.8) is 0 Å². The molecule has 0 saturated heterocycles. The molecular formula is C14H16F2N2S. The van der Waals surface area contributed by atoms with Crippen LogP contribution in [0.1, 0.15) is 29.2 Å². The molecule has 0 aliphatic heterocycles. The number of hydrogen-bond acceptors (Lipinski definition) is 3. The number of nitrogens with one attached hydrogen (secondary N) is 1. The highest BCUT2D eigenvalue weighted by atomic mass is 32.1. The molecule has 0 saturated carbocycles. The van der Waals surface area contributed by atoms with Crippen molar-refractivity contribution in [1.29, 1.82) is 0 Å². The van der Waals surface area contributed by atoms with Crippen LogP contribution in [0.5, 0.6) is 0 Å². The molecule has 1 atom stereocenters. The summed E-state index contributed by atoms with van der Waals surface area (Å²) in [6, 6.07) is 3.98. The van der Waals surface area contributed by atoms with E-state index < -0.39 is 11.6 Å². The summed E-state index contributed by atoms with van der Waals surface area (Å²) in [5.41, 5.74) is 1.71. The van der Waals surface area contributed by atoms with Crippen molar-refractivity contribution < 1.29 is 8.78 Å². The van der Waals surface area contributed by atoms with E-state index in [1.54, 1.807) is 17.4 Å². The van der Waals surface area contributed by atoms with Crippen molar-refractivity contribution in [3.05, 3.63) is 51.5 Å². The highest BCUT2D eigenvalue weighted by Gasteiger charge is 2.15. The van der Waals surface area contributed by atoms with Crippen LogP contribution < -0.4 is 5.32 Å². The Hall–Kier alpha value is -1.33. The maximum Gasteiger partial charge on any atom is 0.159 e. The summed E-state index contributed by atoms with van der Waals surface area (Å²) in [7, 11) is 0. The minimum atomic E-state index is -0.816. The maximum atomic E-state index is 13.3. The lowest BCUT2D eigenvalue weighted by Gasteiger charge is -2.17. The molecule has 0 radical (unpaired) electrons. The summed E-state index contributed by atoms with van der Waals surface area (Å²) in [4.78, 5) is 4.41. The summed E-state index contributed by atoms with van der Waals surface area (Å²) < 4.78 is 26.3. The second-order valence-corrected chi connectivity index (χ2v) is 5.41. The quantitative estimate of drug-likeness (QED) is 0.906. The van der Waals surface area contributed by atoms with Gasteiger partial charge in [0, 0.05) is 17.8 Å². The zero-order valence-electron chi connectivity index (χ0n) is 10.9. The molecule has 0 spiro atoms. The summed E-state index contributed by atoms with van der Waals surface area (Å²) in [5.74, 6) is -1.63. The van der Waals surface area contributed by atoms with Crippen molar-refractivity contribution in [2.45, 2.75) is 26.3 Å². The second-order valence-electron chi connectivity index (χ2n) is 4.35. The Morgan fingerprint density at radius 2 is 2.11 bits per heavy atom. The van der Waals surface area contributed by atoms with Gasteiger partial charge in [-0.15, -0.1) is 11.3 Å². The first-order valence-electron chi connectivity index (χ1n) is 6.19. The lowest BCUT2D eigenvalue weighted by molar-refractivity contribution is 0.496. The van der Waals surface area contributed by atoms with E-state index in [2.05, 4.69) is 10.3 Å². The van der Waals surface area contributed by atoms with Gasteiger partial charge in [-0.25, -0.2) is 13.8 Å². The summed E-state index contributed by atoms with van der Waals surface area (Å²) in [5, 5.41) is 6.29. The molecule has 19 heavy (non-hydrogen) atoms. The topological polar surface area (TPSA) is 24.9 Å². The molecule has 0 aliphatic carbocycles. The predicted molar refractivity (Wildman–Crippen MR) is 73.3 cm³/mol. The number of thiazole rings is 1. The lowest BCUT2D eigenvalue weighted by Crippen LogP contribution is -2.23. The van der Waals surface area contributed by atoms with E-state index in [1.165, 1.54) is 12.1 Å². The Labute approximate surface area is 115 Å². The molecule has 5 heteroatoms. The van der Waals surface area contributed by atoms with Gasteiger partial charge >= 0.3 is 0 Å².